The molecule has 0 saturated carbocycles. The Balaban J connectivity index is 1.62. The Labute approximate surface area is 144 Å². The normalized spacial score (nSPS) is 11.0. The highest BCUT2D eigenvalue weighted by molar-refractivity contribution is 6.05. The number of amides is 1. The molecule has 0 aliphatic carbocycles. The summed E-state index contributed by atoms with van der Waals surface area (Å²) in [4.78, 5) is 40.2. The molecule has 0 saturated heterocycles. The van der Waals surface area contributed by atoms with Gasteiger partial charge in [-0.2, -0.15) is 10.2 Å². The molecule has 130 valence electrons. The second-order valence-electron chi connectivity index (χ2n) is 5.63. The quantitative estimate of drug-likeness (QED) is 0.429. The highest BCUT2D eigenvalue weighted by Crippen LogP contribution is 2.17. The van der Waals surface area contributed by atoms with Crippen molar-refractivity contribution in [3.05, 3.63) is 68.6 Å². The predicted molar refractivity (Wildman–Crippen MR) is 93.6 cm³/mol. The van der Waals surface area contributed by atoms with Gasteiger partial charge in [0.15, 0.2) is 5.82 Å². The maximum absolute atomic E-state index is 12.6. The summed E-state index contributed by atoms with van der Waals surface area (Å²) in [5.41, 5.74) is 2.08. The number of carbonyl (C=O) groups excluding carboxylic acids is 1. The smallest absolute Gasteiger partial charge is 0.322 e. The summed E-state index contributed by atoms with van der Waals surface area (Å²) < 4.78 is 1.46. The Bertz CT molecular complexity index is 1220. The van der Waals surface area contributed by atoms with Gasteiger partial charge in [0.05, 0.1) is 28.5 Å². The van der Waals surface area contributed by atoms with Gasteiger partial charge < -0.3 is 15.3 Å². The van der Waals surface area contributed by atoms with E-state index in [1.165, 1.54) is 23.0 Å². The van der Waals surface area contributed by atoms with Crippen LogP contribution < -0.4 is 16.6 Å². The van der Waals surface area contributed by atoms with Crippen LogP contribution in [0.15, 0.2) is 46.1 Å². The summed E-state index contributed by atoms with van der Waals surface area (Å²) in [5.74, 6) is 0.0443. The fourth-order valence-electron chi connectivity index (χ4n) is 2.63. The third kappa shape index (κ3) is 2.69. The standard InChI is InChI=1S/C16H13N7O3/c1-8-10(7-17-23(8)13-4-5-14(24)22-21-13)15(25)18-9-2-3-11-12(6-9)20-16(26)19-11/h2-7H,1H3,(H,18,25)(H,22,24)(H2,19,20,26). The number of imidazole rings is 1. The maximum atomic E-state index is 12.6. The first-order valence-corrected chi connectivity index (χ1v) is 7.65. The number of nitrogens with one attached hydrogen (secondary N) is 4. The second-order valence-corrected chi connectivity index (χ2v) is 5.63. The first-order chi connectivity index (χ1) is 12.5. The SMILES string of the molecule is Cc1c(C(=O)Nc2ccc3[nH]c(=O)[nH]c3c2)cnn1-c1ccc(=O)[nH]n1. The monoisotopic (exact) mass is 351 g/mol. The summed E-state index contributed by atoms with van der Waals surface area (Å²) in [5, 5.41) is 13.1. The number of hydrogen-bond donors (Lipinski definition) is 4. The van der Waals surface area contributed by atoms with Crippen LogP contribution in [0.25, 0.3) is 16.9 Å². The zero-order chi connectivity index (χ0) is 18.3. The van der Waals surface area contributed by atoms with Crippen molar-refractivity contribution in [2.45, 2.75) is 6.92 Å². The molecule has 3 aromatic heterocycles. The Kier molecular flexibility index (Phi) is 3.50. The minimum atomic E-state index is -0.351. The molecule has 0 spiro atoms. The topological polar surface area (TPSA) is 141 Å². The molecule has 10 nitrogen and oxygen atoms in total. The van der Waals surface area contributed by atoms with Gasteiger partial charge in [0.2, 0.25) is 0 Å². The van der Waals surface area contributed by atoms with Crippen molar-refractivity contribution < 1.29 is 4.79 Å². The van der Waals surface area contributed by atoms with Crippen LogP contribution in [0.3, 0.4) is 0 Å². The molecule has 1 amide bonds. The van der Waals surface area contributed by atoms with Crippen LogP contribution in [-0.2, 0) is 0 Å². The second kappa shape index (κ2) is 5.84. The molecule has 0 bridgehead atoms. The number of H-pyrrole nitrogens is 3. The van der Waals surface area contributed by atoms with Gasteiger partial charge >= 0.3 is 5.69 Å². The van der Waals surface area contributed by atoms with Gasteiger partial charge in [0, 0.05) is 11.8 Å². The molecule has 0 atom stereocenters. The first kappa shape index (κ1) is 15.6. The fourth-order valence-corrected chi connectivity index (χ4v) is 2.63. The van der Waals surface area contributed by atoms with Crippen LogP contribution in [0.1, 0.15) is 16.1 Å². The molecule has 10 heteroatoms. The number of rotatable bonds is 3. The number of hydrogen-bond acceptors (Lipinski definition) is 5. The van der Waals surface area contributed by atoms with Gasteiger partial charge in [-0.1, -0.05) is 0 Å². The number of fused-ring (bicyclic) bond motifs is 1. The van der Waals surface area contributed by atoms with Gasteiger partial charge in [0.25, 0.3) is 11.5 Å². The Hall–Kier alpha value is -3.95. The number of carbonyl (C=O) groups is 1. The van der Waals surface area contributed by atoms with E-state index < -0.39 is 0 Å². The third-order valence-electron chi connectivity index (χ3n) is 3.91. The lowest BCUT2D eigenvalue weighted by Crippen LogP contribution is -2.14. The Morgan fingerprint density at radius 3 is 2.69 bits per heavy atom. The summed E-state index contributed by atoms with van der Waals surface area (Å²) in [6.07, 6.45) is 1.42. The molecule has 4 N–H and O–H groups in total. The average molecular weight is 351 g/mol. The van der Waals surface area contributed by atoms with Crippen LogP contribution >= 0.6 is 0 Å². The van der Waals surface area contributed by atoms with E-state index in [2.05, 4.69) is 30.6 Å². The minimum absolute atomic E-state index is 0.311. The highest BCUT2D eigenvalue weighted by Gasteiger charge is 2.16. The molecule has 3 heterocycles. The lowest BCUT2D eigenvalue weighted by Gasteiger charge is -2.06. The van der Waals surface area contributed by atoms with Crippen molar-refractivity contribution >= 4 is 22.6 Å². The van der Waals surface area contributed by atoms with E-state index >= 15 is 0 Å². The Morgan fingerprint density at radius 2 is 1.92 bits per heavy atom. The summed E-state index contributed by atoms with van der Waals surface area (Å²) >= 11 is 0. The average Bonchev–Trinajstić information content (AvgIpc) is 3.17. The third-order valence-corrected chi connectivity index (χ3v) is 3.91. The molecular weight excluding hydrogens is 338 g/mol. The molecule has 0 aliphatic rings. The zero-order valence-electron chi connectivity index (χ0n) is 13.5. The molecule has 0 aliphatic heterocycles. The first-order valence-electron chi connectivity index (χ1n) is 7.65. The van der Waals surface area contributed by atoms with E-state index in [1.54, 1.807) is 25.1 Å². The van der Waals surface area contributed by atoms with Crippen molar-refractivity contribution in [3.63, 3.8) is 0 Å². The minimum Gasteiger partial charge on any atom is -0.322 e. The molecule has 0 unspecified atom stereocenters. The van der Waals surface area contributed by atoms with E-state index in [9.17, 15) is 14.4 Å². The number of aromatic nitrogens is 6. The number of nitrogens with zero attached hydrogens (tertiary/aromatic N) is 3. The molecular formula is C16H13N7O3. The highest BCUT2D eigenvalue weighted by atomic mass is 16.2. The maximum Gasteiger partial charge on any atom is 0.323 e. The van der Waals surface area contributed by atoms with Crippen molar-refractivity contribution in [2.24, 2.45) is 0 Å². The Morgan fingerprint density at radius 1 is 1.12 bits per heavy atom. The van der Waals surface area contributed by atoms with Crippen molar-refractivity contribution in [2.75, 3.05) is 5.32 Å². The van der Waals surface area contributed by atoms with Crippen LogP contribution in [0.5, 0.6) is 0 Å². The lowest BCUT2D eigenvalue weighted by molar-refractivity contribution is 0.102. The van der Waals surface area contributed by atoms with E-state index in [4.69, 9.17) is 0 Å². The van der Waals surface area contributed by atoms with Crippen molar-refractivity contribution in [3.8, 4) is 5.82 Å². The molecule has 1 aromatic carbocycles. The van der Waals surface area contributed by atoms with E-state index in [0.29, 0.717) is 33.8 Å². The van der Waals surface area contributed by atoms with E-state index in [1.807, 2.05) is 0 Å². The van der Waals surface area contributed by atoms with Gasteiger partial charge in [-0.3, -0.25) is 9.59 Å². The molecule has 4 rings (SSSR count). The number of benzene rings is 1. The zero-order valence-corrected chi connectivity index (χ0v) is 13.5. The summed E-state index contributed by atoms with van der Waals surface area (Å²) in [6.45, 7) is 1.72. The van der Waals surface area contributed by atoms with Gasteiger partial charge in [0.1, 0.15) is 0 Å². The van der Waals surface area contributed by atoms with Crippen LogP contribution in [0.2, 0.25) is 0 Å². The van der Waals surface area contributed by atoms with Crippen LogP contribution in [-0.4, -0.2) is 35.9 Å². The molecule has 0 fully saturated rings. The summed E-state index contributed by atoms with van der Waals surface area (Å²) in [6, 6.07) is 7.89. The van der Waals surface area contributed by atoms with Gasteiger partial charge in [-0.25, -0.2) is 14.6 Å². The lowest BCUT2D eigenvalue weighted by atomic mass is 10.2. The van der Waals surface area contributed by atoms with Crippen molar-refractivity contribution in [1.82, 2.24) is 29.9 Å². The van der Waals surface area contributed by atoms with Gasteiger partial charge in [-0.15, -0.1) is 0 Å². The molecule has 4 aromatic rings. The molecule has 0 radical (unpaired) electrons. The van der Waals surface area contributed by atoms with Gasteiger partial charge in [-0.05, 0) is 31.2 Å². The van der Waals surface area contributed by atoms with Crippen molar-refractivity contribution in [1.29, 1.82) is 0 Å². The molecule has 26 heavy (non-hydrogen) atoms. The van der Waals surface area contributed by atoms with E-state index in [-0.39, 0.29) is 17.2 Å². The summed E-state index contributed by atoms with van der Waals surface area (Å²) in [7, 11) is 0. The van der Waals surface area contributed by atoms with Crippen LogP contribution in [0.4, 0.5) is 5.69 Å². The van der Waals surface area contributed by atoms with Crippen LogP contribution in [0, 0.1) is 6.92 Å². The largest absolute Gasteiger partial charge is 0.323 e. The fraction of sp³-hybridized carbons (Fsp3) is 0.0625. The number of anilines is 1. The number of aromatic amines is 3. The van der Waals surface area contributed by atoms with E-state index in [0.717, 1.165) is 0 Å². The predicted octanol–water partition coefficient (Wildman–Crippen LogP) is 0.686.